The van der Waals surface area contributed by atoms with Gasteiger partial charge in [-0.25, -0.2) is 0 Å². The van der Waals surface area contributed by atoms with Crippen LogP contribution in [0.15, 0.2) is 51.9 Å². The van der Waals surface area contributed by atoms with E-state index in [-0.39, 0.29) is 0 Å². The van der Waals surface area contributed by atoms with Crippen LogP contribution >= 0.6 is 0 Å². The lowest BCUT2D eigenvalue weighted by Gasteiger charge is -2.44. The highest BCUT2D eigenvalue weighted by Gasteiger charge is 2.45. The monoisotopic (exact) mass is 509 g/mol. The molecule has 2 atom stereocenters. The van der Waals surface area contributed by atoms with E-state index in [4.69, 9.17) is 0 Å². The molecule has 0 spiro atoms. The van der Waals surface area contributed by atoms with Crippen molar-refractivity contribution >= 4 is 16.1 Å². The highest BCUT2D eigenvalue weighted by Crippen LogP contribution is 2.49. The second kappa shape index (κ2) is 12.6. The Bertz CT molecular complexity index is 869. The van der Waals surface area contributed by atoms with Crippen molar-refractivity contribution in [1.29, 1.82) is 0 Å². The van der Waals surface area contributed by atoms with Crippen LogP contribution in [-0.4, -0.2) is 34.1 Å². The summed E-state index contributed by atoms with van der Waals surface area (Å²) in [4.78, 5) is 2.74. The van der Waals surface area contributed by atoms with E-state index in [9.17, 15) is 0 Å². The van der Waals surface area contributed by atoms with E-state index in [1.807, 2.05) is 10.4 Å². The first-order chi connectivity index (χ1) is 16.5. The number of unbranched alkanes of at least 4 members (excludes halogenated alkanes) is 7. The van der Waals surface area contributed by atoms with E-state index >= 15 is 0 Å². The van der Waals surface area contributed by atoms with Crippen LogP contribution in [0.1, 0.15) is 77.2 Å². The highest BCUT2D eigenvalue weighted by molar-refractivity contribution is 6.84. The number of benzene rings is 1. The Hall–Kier alpha value is -0.906. The minimum absolute atomic E-state index is 0.739. The van der Waals surface area contributed by atoms with Crippen LogP contribution in [0.25, 0.3) is 0 Å². The molecule has 3 heteroatoms. The maximum atomic E-state index is 2.74. The third-order valence-corrected chi connectivity index (χ3v) is 13.1. The molecule has 1 saturated heterocycles. The van der Waals surface area contributed by atoms with Gasteiger partial charge in [0.2, 0.25) is 0 Å². The molecule has 2 aliphatic rings. The molecule has 3 rings (SSSR count). The van der Waals surface area contributed by atoms with Crippen LogP contribution < -0.4 is 0 Å². The standard InChI is InChI=1S/C32H55NSi2/c1-9-10-11-12-13-14-15-19-22-28-26(2)31(34(3,4)5)29-24-33(23-27-20-17-16-18-21-27)25-30(29)32(28)35(6,7)8/h16-18,20-21,26,28H,9-15,19,22-25H2,1-8H3/t26-,28-/m1/s1. The zero-order valence-corrected chi connectivity index (χ0v) is 26.5. The average molecular weight is 510 g/mol. The Morgan fingerprint density at radius 1 is 0.714 bits per heavy atom. The minimum Gasteiger partial charge on any atom is -0.291 e. The van der Waals surface area contributed by atoms with Crippen molar-refractivity contribution in [2.45, 2.75) is 117 Å². The van der Waals surface area contributed by atoms with Crippen molar-refractivity contribution in [2.24, 2.45) is 11.8 Å². The Morgan fingerprint density at radius 2 is 1.23 bits per heavy atom. The van der Waals surface area contributed by atoms with Crippen LogP contribution in [0, 0.1) is 11.8 Å². The summed E-state index contributed by atoms with van der Waals surface area (Å²) in [7, 11) is -2.81. The SMILES string of the molecule is CCCCCCCCCC[C@H]1C([Si](C)(C)C)=C2CN(Cc3ccccc3)CC2=C([Si](C)(C)C)[C@@H]1C. The fourth-order valence-corrected chi connectivity index (χ4v) is 12.5. The molecule has 0 bridgehead atoms. The summed E-state index contributed by atoms with van der Waals surface area (Å²) in [6.07, 6.45) is 12.8. The lowest BCUT2D eigenvalue weighted by Crippen LogP contribution is -2.42. The van der Waals surface area contributed by atoms with E-state index < -0.39 is 16.1 Å². The fourth-order valence-electron chi connectivity index (χ4n) is 7.13. The van der Waals surface area contributed by atoms with Gasteiger partial charge in [0.15, 0.2) is 0 Å². The summed E-state index contributed by atoms with van der Waals surface area (Å²) in [5.74, 6) is 1.53. The maximum absolute atomic E-state index is 2.74. The molecule has 0 amide bonds. The number of hydrogen-bond donors (Lipinski definition) is 0. The molecular weight excluding hydrogens is 455 g/mol. The van der Waals surface area contributed by atoms with Crippen LogP contribution in [0.5, 0.6) is 0 Å². The number of hydrogen-bond acceptors (Lipinski definition) is 1. The maximum Gasteiger partial charge on any atom is 0.0732 e. The van der Waals surface area contributed by atoms with Gasteiger partial charge in [0.05, 0.1) is 16.1 Å². The highest BCUT2D eigenvalue weighted by atomic mass is 28.3. The summed E-state index contributed by atoms with van der Waals surface area (Å²) in [6, 6.07) is 11.1. The molecule has 196 valence electrons. The molecule has 1 heterocycles. The lowest BCUT2D eigenvalue weighted by molar-refractivity contribution is 0.347. The number of rotatable bonds is 13. The Kier molecular flexibility index (Phi) is 10.3. The largest absolute Gasteiger partial charge is 0.291 e. The first-order valence-electron chi connectivity index (χ1n) is 14.8. The van der Waals surface area contributed by atoms with Gasteiger partial charge < -0.3 is 0 Å². The molecule has 0 unspecified atom stereocenters. The molecule has 0 N–H and O–H groups in total. The van der Waals surface area contributed by atoms with Crippen molar-refractivity contribution in [3.05, 3.63) is 57.4 Å². The second-order valence-corrected chi connectivity index (χ2v) is 23.7. The molecule has 0 saturated carbocycles. The van der Waals surface area contributed by atoms with E-state index in [1.165, 1.54) is 76.4 Å². The molecular formula is C32H55NSi2. The molecule has 0 aromatic heterocycles. The Labute approximate surface area is 220 Å². The normalized spacial score (nSPS) is 21.7. The topological polar surface area (TPSA) is 3.24 Å². The van der Waals surface area contributed by atoms with E-state index in [2.05, 4.69) is 88.4 Å². The predicted molar refractivity (Wildman–Crippen MR) is 162 cm³/mol. The third-order valence-electron chi connectivity index (χ3n) is 8.44. The summed E-state index contributed by atoms with van der Waals surface area (Å²) < 4.78 is 0. The number of fused-ring (bicyclic) bond motifs is 1. The van der Waals surface area contributed by atoms with Gasteiger partial charge in [0.1, 0.15) is 0 Å². The van der Waals surface area contributed by atoms with Gasteiger partial charge in [-0.05, 0) is 35.0 Å². The van der Waals surface area contributed by atoms with Crippen LogP contribution in [0.4, 0.5) is 0 Å². The van der Waals surface area contributed by atoms with E-state index in [0.717, 1.165) is 18.4 Å². The second-order valence-electron chi connectivity index (χ2n) is 13.6. The zero-order valence-electron chi connectivity index (χ0n) is 24.5. The quantitative estimate of drug-likeness (QED) is 0.189. The van der Waals surface area contributed by atoms with Crippen molar-refractivity contribution in [3.63, 3.8) is 0 Å². The molecule has 0 radical (unpaired) electrons. The molecule has 1 nitrogen and oxygen atoms in total. The van der Waals surface area contributed by atoms with Gasteiger partial charge in [-0.2, -0.15) is 0 Å². The Balaban J connectivity index is 1.82. The first kappa shape index (κ1) is 28.7. The predicted octanol–water partition coefficient (Wildman–Crippen LogP) is 9.65. The van der Waals surface area contributed by atoms with Gasteiger partial charge in [0.25, 0.3) is 0 Å². The number of nitrogens with zero attached hydrogens (tertiary/aromatic N) is 1. The van der Waals surface area contributed by atoms with E-state index in [1.54, 1.807) is 11.1 Å². The van der Waals surface area contributed by atoms with Crippen molar-refractivity contribution in [2.75, 3.05) is 13.1 Å². The molecule has 35 heavy (non-hydrogen) atoms. The number of likely N-dealkylation sites (tertiary alicyclic amines) is 1. The van der Waals surface area contributed by atoms with Gasteiger partial charge in [-0.3, -0.25) is 4.90 Å². The van der Waals surface area contributed by atoms with Crippen molar-refractivity contribution in [1.82, 2.24) is 4.90 Å². The van der Waals surface area contributed by atoms with Gasteiger partial charge in [0, 0.05) is 19.6 Å². The van der Waals surface area contributed by atoms with Crippen molar-refractivity contribution in [3.8, 4) is 0 Å². The molecule has 1 aromatic carbocycles. The summed E-state index contributed by atoms with van der Waals surface area (Å²) >= 11 is 0. The zero-order chi connectivity index (χ0) is 25.6. The first-order valence-corrected chi connectivity index (χ1v) is 21.8. The average Bonchev–Trinajstić information content (AvgIpc) is 3.16. The fraction of sp³-hybridized carbons (Fsp3) is 0.688. The lowest BCUT2D eigenvalue weighted by atomic mass is 9.80. The Morgan fingerprint density at radius 3 is 1.77 bits per heavy atom. The summed E-state index contributed by atoms with van der Waals surface area (Å²) in [6.45, 7) is 24.1. The molecule has 1 aliphatic heterocycles. The summed E-state index contributed by atoms with van der Waals surface area (Å²) in [5, 5.41) is 3.86. The van der Waals surface area contributed by atoms with Crippen LogP contribution in [0.3, 0.4) is 0 Å². The number of allylic oxidation sites excluding steroid dienone is 2. The molecule has 1 fully saturated rings. The van der Waals surface area contributed by atoms with Crippen molar-refractivity contribution < 1.29 is 0 Å². The summed E-state index contributed by atoms with van der Waals surface area (Å²) in [5.41, 5.74) is 5.05. The third kappa shape index (κ3) is 7.55. The van der Waals surface area contributed by atoms with Crippen LogP contribution in [0.2, 0.25) is 39.3 Å². The van der Waals surface area contributed by atoms with E-state index in [0.29, 0.717) is 0 Å². The molecule has 1 aromatic rings. The molecule has 1 aliphatic carbocycles. The van der Waals surface area contributed by atoms with Gasteiger partial charge in [-0.15, -0.1) is 0 Å². The van der Waals surface area contributed by atoms with Crippen LogP contribution in [-0.2, 0) is 6.54 Å². The van der Waals surface area contributed by atoms with Gasteiger partial charge >= 0.3 is 0 Å². The smallest absolute Gasteiger partial charge is 0.0732 e. The minimum atomic E-state index is -1.41. The van der Waals surface area contributed by atoms with Gasteiger partial charge in [-0.1, -0.05) is 145 Å².